The Balaban J connectivity index is 2.15. The van der Waals surface area contributed by atoms with E-state index in [4.69, 9.17) is 9.47 Å². The highest BCUT2D eigenvalue weighted by molar-refractivity contribution is 5.76. The lowest BCUT2D eigenvalue weighted by atomic mass is 10.2. The second kappa shape index (κ2) is 6.77. The fourth-order valence-corrected chi connectivity index (χ4v) is 1.85. The van der Waals surface area contributed by atoms with Gasteiger partial charge in [-0.3, -0.25) is 9.78 Å². The van der Waals surface area contributed by atoms with Crippen molar-refractivity contribution >= 4 is 6.03 Å². The molecule has 0 saturated heterocycles. The zero-order valence-electron chi connectivity index (χ0n) is 12.4. The van der Waals surface area contributed by atoms with Crippen LogP contribution >= 0.6 is 0 Å². The van der Waals surface area contributed by atoms with E-state index in [1.165, 1.54) is 14.2 Å². The molecule has 2 aromatic rings. The average Bonchev–Trinajstić information content (AvgIpc) is 2.55. The molecule has 0 saturated carbocycles. The molecule has 0 aliphatic rings. The number of amides is 1. The number of hydrogen-bond acceptors (Lipinski definition) is 5. The van der Waals surface area contributed by atoms with Gasteiger partial charge in [0.15, 0.2) is 11.5 Å². The fraction of sp³-hybridized carbons (Fsp3) is 0.214. The monoisotopic (exact) mass is 323 g/mol. The van der Waals surface area contributed by atoms with E-state index in [1.54, 1.807) is 23.2 Å². The summed E-state index contributed by atoms with van der Waals surface area (Å²) in [6, 6.07) is 4.12. The molecular weight excluding hydrogens is 309 g/mol. The summed E-state index contributed by atoms with van der Waals surface area (Å²) in [6.07, 6.45) is 0.533. The van der Waals surface area contributed by atoms with Crippen LogP contribution in [0.1, 0.15) is 5.56 Å². The number of H-pyrrole nitrogens is 1. The molecule has 23 heavy (non-hydrogen) atoms. The molecule has 0 unspecified atom stereocenters. The van der Waals surface area contributed by atoms with E-state index >= 15 is 0 Å². The molecule has 0 spiro atoms. The standard InChI is InChI=1S/C14H14FN3O5/c1-22-10-4-3-8(5-11(10)23-2)6-16-13(20)18-7-9(15)12(19)17-14(18)21/h3-5,7H,6H2,1-2H3,(H,16,20)(H,17,19,21). The Hall–Kier alpha value is -3.10. The summed E-state index contributed by atoms with van der Waals surface area (Å²) in [5.74, 6) is -0.223. The SMILES string of the molecule is COc1ccc(CNC(=O)n2cc(F)c(=O)[nH]c2=O)cc1OC. The quantitative estimate of drug-likeness (QED) is 0.850. The van der Waals surface area contributed by atoms with Crippen molar-refractivity contribution in [1.82, 2.24) is 14.9 Å². The van der Waals surface area contributed by atoms with E-state index in [9.17, 15) is 18.8 Å². The van der Waals surface area contributed by atoms with Crippen LogP contribution in [-0.2, 0) is 6.54 Å². The number of methoxy groups -OCH3 is 2. The first kappa shape index (κ1) is 16.3. The molecule has 1 heterocycles. The number of nitrogens with one attached hydrogen (secondary N) is 2. The number of aromatic nitrogens is 2. The molecule has 0 atom stereocenters. The normalized spacial score (nSPS) is 10.2. The number of hydrogen-bond donors (Lipinski definition) is 2. The molecule has 9 heteroatoms. The third kappa shape index (κ3) is 3.57. The largest absolute Gasteiger partial charge is 0.493 e. The maximum absolute atomic E-state index is 13.2. The van der Waals surface area contributed by atoms with Crippen molar-refractivity contribution in [1.29, 1.82) is 0 Å². The van der Waals surface area contributed by atoms with Crippen LogP contribution < -0.4 is 26.0 Å². The second-order valence-electron chi connectivity index (χ2n) is 4.45. The van der Waals surface area contributed by atoms with Gasteiger partial charge in [0.25, 0.3) is 5.56 Å². The fourth-order valence-electron chi connectivity index (χ4n) is 1.85. The summed E-state index contributed by atoms with van der Waals surface area (Å²) in [7, 11) is 2.97. The van der Waals surface area contributed by atoms with Gasteiger partial charge < -0.3 is 14.8 Å². The Morgan fingerprint density at radius 3 is 2.61 bits per heavy atom. The predicted octanol–water partition coefficient (Wildman–Crippen LogP) is 0.451. The van der Waals surface area contributed by atoms with Gasteiger partial charge in [0.05, 0.1) is 20.4 Å². The lowest BCUT2D eigenvalue weighted by molar-refractivity contribution is 0.240. The highest BCUT2D eigenvalue weighted by Crippen LogP contribution is 2.27. The summed E-state index contributed by atoms with van der Waals surface area (Å²) >= 11 is 0. The number of halogens is 1. The third-order valence-electron chi connectivity index (χ3n) is 3.01. The molecule has 0 aliphatic heterocycles. The maximum atomic E-state index is 13.2. The topological polar surface area (TPSA) is 102 Å². The summed E-state index contributed by atoms with van der Waals surface area (Å²) in [4.78, 5) is 36.0. The van der Waals surface area contributed by atoms with E-state index in [2.05, 4.69) is 5.32 Å². The Morgan fingerprint density at radius 1 is 1.26 bits per heavy atom. The highest BCUT2D eigenvalue weighted by Gasteiger charge is 2.11. The summed E-state index contributed by atoms with van der Waals surface area (Å²) in [6.45, 7) is 0.0619. The lowest BCUT2D eigenvalue weighted by Gasteiger charge is -2.10. The first-order valence-electron chi connectivity index (χ1n) is 6.47. The zero-order chi connectivity index (χ0) is 17.0. The van der Waals surface area contributed by atoms with E-state index in [0.29, 0.717) is 27.8 Å². The smallest absolute Gasteiger partial charge is 0.336 e. The van der Waals surface area contributed by atoms with Crippen molar-refractivity contribution < 1.29 is 18.7 Å². The second-order valence-corrected chi connectivity index (χ2v) is 4.45. The first-order valence-corrected chi connectivity index (χ1v) is 6.47. The lowest BCUT2D eigenvalue weighted by Crippen LogP contribution is -2.40. The van der Waals surface area contributed by atoms with Crippen LogP contribution in [-0.4, -0.2) is 29.8 Å². The van der Waals surface area contributed by atoms with Crippen molar-refractivity contribution in [3.05, 3.63) is 56.6 Å². The van der Waals surface area contributed by atoms with Crippen LogP contribution in [0, 0.1) is 5.82 Å². The predicted molar refractivity (Wildman–Crippen MR) is 78.5 cm³/mol. The van der Waals surface area contributed by atoms with Crippen LogP contribution in [0.3, 0.4) is 0 Å². The number of rotatable bonds is 4. The molecule has 122 valence electrons. The Bertz CT molecular complexity index is 843. The van der Waals surface area contributed by atoms with Crippen LogP contribution in [0.2, 0.25) is 0 Å². The number of nitrogens with zero attached hydrogens (tertiary/aromatic N) is 1. The average molecular weight is 323 g/mol. The van der Waals surface area contributed by atoms with Gasteiger partial charge in [-0.2, -0.15) is 4.39 Å². The zero-order valence-corrected chi connectivity index (χ0v) is 12.4. The number of aromatic amines is 1. The van der Waals surface area contributed by atoms with Gasteiger partial charge in [0.2, 0.25) is 5.82 Å². The van der Waals surface area contributed by atoms with Crippen molar-refractivity contribution in [2.45, 2.75) is 6.54 Å². The van der Waals surface area contributed by atoms with Gasteiger partial charge in [-0.1, -0.05) is 6.07 Å². The minimum atomic E-state index is -1.23. The van der Waals surface area contributed by atoms with E-state index in [-0.39, 0.29) is 6.54 Å². The molecule has 1 aromatic heterocycles. The Kier molecular flexibility index (Phi) is 4.79. The number of benzene rings is 1. The Labute approximate surface area is 129 Å². The third-order valence-corrected chi connectivity index (χ3v) is 3.01. The number of carbonyl (C=O) groups excluding carboxylic acids is 1. The van der Waals surface area contributed by atoms with Crippen LogP contribution in [0.5, 0.6) is 11.5 Å². The first-order chi connectivity index (χ1) is 11.0. The molecule has 1 amide bonds. The van der Waals surface area contributed by atoms with Crippen LogP contribution in [0.15, 0.2) is 34.0 Å². The minimum absolute atomic E-state index is 0.0619. The summed E-state index contributed by atoms with van der Waals surface area (Å²) in [5, 5.41) is 2.43. The summed E-state index contributed by atoms with van der Waals surface area (Å²) in [5.41, 5.74) is -1.53. The van der Waals surface area contributed by atoms with Gasteiger partial charge in [-0.15, -0.1) is 0 Å². The van der Waals surface area contributed by atoms with Gasteiger partial charge in [-0.05, 0) is 17.7 Å². The highest BCUT2D eigenvalue weighted by atomic mass is 19.1. The molecule has 0 bridgehead atoms. The van der Waals surface area contributed by atoms with Crippen molar-refractivity contribution in [2.24, 2.45) is 0 Å². The van der Waals surface area contributed by atoms with Gasteiger partial charge >= 0.3 is 11.7 Å². The van der Waals surface area contributed by atoms with Crippen molar-refractivity contribution in [3.63, 3.8) is 0 Å². The molecule has 0 radical (unpaired) electrons. The van der Waals surface area contributed by atoms with E-state index in [0.717, 1.165) is 0 Å². The minimum Gasteiger partial charge on any atom is -0.493 e. The van der Waals surface area contributed by atoms with Crippen LogP contribution in [0.4, 0.5) is 9.18 Å². The van der Waals surface area contributed by atoms with Gasteiger partial charge in [-0.25, -0.2) is 14.2 Å². The van der Waals surface area contributed by atoms with E-state index < -0.39 is 23.1 Å². The van der Waals surface area contributed by atoms with Gasteiger partial charge in [0, 0.05) is 6.54 Å². The summed E-state index contributed by atoms with van der Waals surface area (Å²) < 4.78 is 23.8. The van der Waals surface area contributed by atoms with E-state index in [1.807, 2.05) is 0 Å². The van der Waals surface area contributed by atoms with Crippen molar-refractivity contribution in [3.8, 4) is 11.5 Å². The molecular formula is C14H14FN3O5. The maximum Gasteiger partial charge on any atom is 0.336 e. The Morgan fingerprint density at radius 2 is 1.96 bits per heavy atom. The molecule has 1 aromatic carbocycles. The molecule has 2 rings (SSSR count). The van der Waals surface area contributed by atoms with Crippen LogP contribution in [0.25, 0.3) is 0 Å². The van der Waals surface area contributed by atoms with Crippen molar-refractivity contribution in [2.75, 3.05) is 14.2 Å². The number of carbonyl (C=O) groups is 1. The number of ether oxygens (including phenoxy) is 2. The molecule has 0 aliphatic carbocycles. The van der Waals surface area contributed by atoms with Gasteiger partial charge in [0.1, 0.15) is 0 Å². The molecule has 0 fully saturated rings. The molecule has 2 N–H and O–H groups in total. The molecule has 8 nitrogen and oxygen atoms in total.